The second-order valence-electron chi connectivity index (χ2n) is 16.3. The molecule has 1 unspecified atom stereocenters. The molecule has 2 amide bonds. The van der Waals surface area contributed by atoms with Gasteiger partial charge in [-0.3, -0.25) is 14.5 Å². The highest BCUT2D eigenvalue weighted by molar-refractivity contribution is 5.82. The van der Waals surface area contributed by atoms with Gasteiger partial charge in [0.1, 0.15) is 0 Å². The van der Waals surface area contributed by atoms with Crippen molar-refractivity contribution in [3.8, 4) is 0 Å². The van der Waals surface area contributed by atoms with Crippen LogP contribution in [0.25, 0.3) is 0 Å². The molecular weight excluding hydrogens is 629 g/mol. The molecular formula is C45H90N4O2. The molecule has 1 saturated heterocycles. The Morgan fingerprint density at radius 2 is 0.745 bits per heavy atom. The fourth-order valence-electron chi connectivity index (χ4n) is 7.77. The minimum atomic E-state index is -0.399. The highest BCUT2D eigenvalue weighted by atomic mass is 16.2. The average molecular weight is 719 g/mol. The normalized spacial score (nSPS) is 14.1. The molecule has 0 radical (unpaired) electrons. The predicted molar refractivity (Wildman–Crippen MR) is 222 cm³/mol. The van der Waals surface area contributed by atoms with Crippen molar-refractivity contribution >= 4 is 11.8 Å². The Bertz CT molecular complexity index is 741. The minimum absolute atomic E-state index is 0.0775. The van der Waals surface area contributed by atoms with Gasteiger partial charge in [0.15, 0.2) is 0 Å². The molecule has 0 aromatic heterocycles. The van der Waals surface area contributed by atoms with Crippen LogP contribution in [-0.4, -0.2) is 78.4 Å². The van der Waals surface area contributed by atoms with Gasteiger partial charge >= 0.3 is 0 Å². The Morgan fingerprint density at radius 3 is 1.10 bits per heavy atom. The van der Waals surface area contributed by atoms with Gasteiger partial charge in [0.05, 0.1) is 12.6 Å². The van der Waals surface area contributed by atoms with Crippen LogP contribution in [0.3, 0.4) is 0 Å². The summed E-state index contributed by atoms with van der Waals surface area (Å²) >= 11 is 0. The minimum Gasteiger partial charge on any atom is -0.338 e. The summed E-state index contributed by atoms with van der Waals surface area (Å²) < 4.78 is 0. The Hall–Kier alpha value is -1.14. The van der Waals surface area contributed by atoms with Gasteiger partial charge in [-0.1, -0.05) is 207 Å². The molecule has 1 atom stereocenters. The molecule has 51 heavy (non-hydrogen) atoms. The lowest BCUT2D eigenvalue weighted by atomic mass is 10.0. The van der Waals surface area contributed by atoms with E-state index in [-0.39, 0.29) is 11.8 Å². The lowest BCUT2D eigenvalue weighted by molar-refractivity contribution is -0.141. The summed E-state index contributed by atoms with van der Waals surface area (Å²) in [5.41, 5.74) is 6.33. The summed E-state index contributed by atoms with van der Waals surface area (Å²) in [5.74, 6) is 0.320. The number of piperazine rings is 1. The van der Waals surface area contributed by atoms with Crippen LogP contribution in [-0.2, 0) is 9.59 Å². The Labute approximate surface area is 319 Å². The van der Waals surface area contributed by atoms with E-state index in [0.717, 1.165) is 25.9 Å². The first-order valence-corrected chi connectivity index (χ1v) is 23.1. The predicted octanol–water partition coefficient (Wildman–Crippen LogP) is 11.8. The van der Waals surface area contributed by atoms with E-state index in [1.54, 1.807) is 0 Å². The highest BCUT2D eigenvalue weighted by Gasteiger charge is 2.27. The summed E-state index contributed by atoms with van der Waals surface area (Å²) in [7, 11) is 0. The van der Waals surface area contributed by atoms with E-state index in [4.69, 9.17) is 5.73 Å². The third kappa shape index (κ3) is 28.0. The van der Waals surface area contributed by atoms with Crippen molar-refractivity contribution in [2.24, 2.45) is 5.73 Å². The van der Waals surface area contributed by atoms with Crippen LogP contribution in [0.1, 0.15) is 226 Å². The van der Waals surface area contributed by atoms with E-state index in [1.165, 1.54) is 193 Å². The third-order valence-corrected chi connectivity index (χ3v) is 11.4. The zero-order valence-electron chi connectivity index (χ0n) is 34.9. The number of hydrogen-bond donors (Lipinski definition) is 1. The molecule has 0 bridgehead atoms. The second kappa shape index (κ2) is 35.9. The van der Waals surface area contributed by atoms with Crippen molar-refractivity contribution in [1.82, 2.24) is 14.7 Å². The van der Waals surface area contributed by atoms with Gasteiger partial charge in [0.25, 0.3) is 0 Å². The molecule has 1 aliphatic heterocycles. The smallest absolute Gasteiger partial charge is 0.239 e. The molecule has 0 aromatic carbocycles. The quantitative estimate of drug-likeness (QED) is 0.0649. The monoisotopic (exact) mass is 719 g/mol. The second-order valence-corrected chi connectivity index (χ2v) is 16.3. The highest BCUT2D eigenvalue weighted by Crippen LogP contribution is 2.16. The zero-order chi connectivity index (χ0) is 37.0. The Balaban J connectivity index is 2.36. The maximum atomic E-state index is 13.5. The number of nitrogens with two attached hydrogens (primary N) is 1. The van der Waals surface area contributed by atoms with Crippen LogP contribution < -0.4 is 5.73 Å². The van der Waals surface area contributed by atoms with Crippen molar-refractivity contribution < 1.29 is 9.59 Å². The molecule has 1 aliphatic rings. The molecule has 0 spiro atoms. The van der Waals surface area contributed by atoms with Crippen molar-refractivity contribution in [2.45, 2.75) is 232 Å². The van der Waals surface area contributed by atoms with Crippen LogP contribution >= 0.6 is 0 Å². The van der Waals surface area contributed by atoms with E-state index in [2.05, 4.69) is 25.7 Å². The summed E-state index contributed by atoms with van der Waals surface area (Å²) in [6.07, 6.45) is 42.1. The van der Waals surface area contributed by atoms with Crippen molar-refractivity contribution in [2.75, 3.05) is 45.8 Å². The topological polar surface area (TPSA) is 69.9 Å². The number of nitrogens with zero attached hydrogens (tertiary/aromatic N) is 3. The largest absolute Gasteiger partial charge is 0.338 e. The van der Waals surface area contributed by atoms with Crippen LogP contribution in [0.15, 0.2) is 0 Å². The Morgan fingerprint density at radius 1 is 0.451 bits per heavy atom. The van der Waals surface area contributed by atoms with Crippen LogP contribution in [0, 0.1) is 0 Å². The molecule has 0 saturated carbocycles. The van der Waals surface area contributed by atoms with Crippen molar-refractivity contribution in [3.63, 3.8) is 0 Å². The first-order valence-electron chi connectivity index (χ1n) is 23.1. The van der Waals surface area contributed by atoms with E-state index in [9.17, 15) is 9.59 Å². The van der Waals surface area contributed by atoms with Gasteiger partial charge in [-0.25, -0.2) is 0 Å². The SMILES string of the molecule is CCCCCCCCCCCCCCN(CCCCCCCCCCCCCC)CC(=O)N1CCN(C(=O)C(N)CCCCCCCCC)CC1. The molecule has 2 N–H and O–H groups in total. The molecule has 0 aliphatic carbocycles. The van der Waals surface area contributed by atoms with Crippen LogP contribution in [0.2, 0.25) is 0 Å². The van der Waals surface area contributed by atoms with Gasteiger partial charge in [-0.2, -0.15) is 0 Å². The number of unbranched alkanes of at least 4 members (excludes halogenated alkanes) is 28. The molecule has 302 valence electrons. The molecule has 1 fully saturated rings. The number of amides is 2. The number of carbonyl (C=O) groups excluding carboxylic acids is 2. The fraction of sp³-hybridized carbons (Fsp3) is 0.956. The molecule has 1 rings (SSSR count). The summed E-state index contributed by atoms with van der Waals surface area (Å²) in [5, 5.41) is 0. The maximum absolute atomic E-state index is 13.5. The number of carbonyl (C=O) groups is 2. The number of hydrogen-bond acceptors (Lipinski definition) is 4. The van der Waals surface area contributed by atoms with Gasteiger partial charge in [-0.05, 0) is 32.4 Å². The summed E-state index contributed by atoms with van der Waals surface area (Å²) in [6.45, 7) is 11.9. The van der Waals surface area contributed by atoms with Gasteiger partial charge in [-0.15, -0.1) is 0 Å². The van der Waals surface area contributed by atoms with Crippen LogP contribution in [0.4, 0.5) is 0 Å². The molecule has 1 heterocycles. The van der Waals surface area contributed by atoms with E-state index >= 15 is 0 Å². The van der Waals surface area contributed by atoms with Gasteiger partial charge in [0.2, 0.25) is 11.8 Å². The molecule has 6 heteroatoms. The molecule has 0 aromatic rings. The van der Waals surface area contributed by atoms with E-state index < -0.39 is 6.04 Å². The number of rotatable bonds is 37. The Kier molecular flexibility index (Phi) is 33.7. The van der Waals surface area contributed by atoms with Gasteiger partial charge < -0.3 is 15.5 Å². The fourth-order valence-corrected chi connectivity index (χ4v) is 7.77. The average Bonchev–Trinajstić information content (AvgIpc) is 3.14. The van der Waals surface area contributed by atoms with E-state index in [1.807, 2.05) is 9.80 Å². The van der Waals surface area contributed by atoms with Crippen LogP contribution in [0.5, 0.6) is 0 Å². The summed E-state index contributed by atoms with van der Waals surface area (Å²) in [6, 6.07) is -0.399. The third-order valence-electron chi connectivity index (χ3n) is 11.4. The van der Waals surface area contributed by atoms with Crippen molar-refractivity contribution in [1.29, 1.82) is 0 Å². The standard InChI is InChI=1S/C45H90N4O2/c1-4-7-10-13-16-18-20-22-24-27-30-33-36-47(37-34-31-28-25-23-21-19-17-14-11-8-5-2)42-44(50)48-38-40-49(41-39-48)45(51)43(46)35-32-29-26-15-12-9-6-3/h43H,4-42,46H2,1-3H3. The molecule has 6 nitrogen and oxygen atoms in total. The zero-order valence-corrected chi connectivity index (χ0v) is 34.9. The maximum Gasteiger partial charge on any atom is 0.239 e. The first-order chi connectivity index (χ1) is 25.0. The lowest BCUT2D eigenvalue weighted by Gasteiger charge is -2.37. The lowest BCUT2D eigenvalue weighted by Crippen LogP contribution is -2.55. The van der Waals surface area contributed by atoms with Gasteiger partial charge in [0, 0.05) is 26.2 Å². The summed E-state index contributed by atoms with van der Waals surface area (Å²) in [4.78, 5) is 32.9. The van der Waals surface area contributed by atoms with Crippen molar-refractivity contribution in [3.05, 3.63) is 0 Å². The first kappa shape index (κ1) is 47.9. The van der Waals surface area contributed by atoms with E-state index in [0.29, 0.717) is 32.7 Å².